The SMILES string of the molecule is CCc1c(OC2CC2)ccnc1Br. The van der Waals surface area contributed by atoms with E-state index in [0.29, 0.717) is 6.10 Å². The third-order valence-corrected chi connectivity index (χ3v) is 2.82. The van der Waals surface area contributed by atoms with Crippen molar-refractivity contribution in [1.29, 1.82) is 0 Å². The van der Waals surface area contributed by atoms with E-state index in [1.54, 1.807) is 6.20 Å². The zero-order chi connectivity index (χ0) is 9.26. The molecular formula is C10H12BrNO. The van der Waals surface area contributed by atoms with Gasteiger partial charge in [0.25, 0.3) is 0 Å². The maximum Gasteiger partial charge on any atom is 0.127 e. The largest absolute Gasteiger partial charge is 0.490 e. The van der Waals surface area contributed by atoms with Crippen molar-refractivity contribution in [3.8, 4) is 5.75 Å². The fraction of sp³-hybridized carbons (Fsp3) is 0.500. The molecule has 0 bridgehead atoms. The Hall–Kier alpha value is -0.570. The molecule has 1 aromatic rings. The van der Waals surface area contributed by atoms with Gasteiger partial charge in [0, 0.05) is 11.8 Å². The predicted octanol–water partition coefficient (Wildman–Crippen LogP) is 2.95. The first-order valence-electron chi connectivity index (χ1n) is 4.61. The summed E-state index contributed by atoms with van der Waals surface area (Å²) in [6.45, 7) is 2.11. The molecule has 0 radical (unpaired) electrons. The van der Waals surface area contributed by atoms with E-state index in [1.807, 2.05) is 6.07 Å². The molecule has 13 heavy (non-hydrogen) atoms. The molecule has 2 rings (SSSR count). The van der Waals surface area contributed by atoms with Crippen molar-refractivity contribution in [2.24, 2.45) is 0 Å². The van der Waals surface area contributed by atoms with Crippen LogP contribution in [0, 0.1) is 0 Å². The minimum absolute atomic E-state index is 0.458. The number of nitrogens with zero attached hydrogens (tertiary/aromatic N) is 1. The van der Waals surface area contributed by atoms with E-state index >= 15 is 0 Å². The lowest BCUT2D eigenvalue weighted by molar-refractivity contribution is 0.299. The van der Waals surface area contributed by atoms with Crippen LogP contribution in [0.1, 0.15) is 25.3 Å². The molecular weight excluding hydrogens is 230 g/mol. The number of rotatable bonds is 3. The summed E-state index contributed by atoms with van der Waals surface area (Å²) < 4.78 is 6.67. The van der Waals surface area contributed by atoms with Gasteiger partial charge in [0.1, 0.15) is 10.4 Å². The summed E-state index contributed by atoms with van der Waals surface area (Å²) in [5, 5.41) is 0. The van der Waals surface area contributed by atoms with Gasteiger partial charge in [-0.25, -0.2) is 4.98 Å². The predicted molar refractivity (Wildman–Crippen MR) is 55.0 cm³/mol. The van der Waals surface area contributed by atoms with Crippen molar-refractivity contribution in [3.63, 3.8) is 0 Å². The molecule has 70 valence electrons. The molecule has 0 N–H and O–H groups in total. The molecule has 1 fully saturated rings. The van der Waals surface area contributed by atoms with Gasteiger partial charge < -0.3 is 4.74 Å². The molecule has 0 amide bonds. The van der Waals surface area contributed by atoms with Crippen LogP contribution in [0.5, 0.6) is 5.75 Å². The first kappa shape index (κ1) is 9.00. The standard InChI is InChI=1S/C10H12BrNO/c1-2-8-9(13-7-3-4-7)5-6-12-10(8)11/h5-7H,2-4H2,1H3. The van der Waals surface area contributed by atoms with Crippen LogP contribution in [-0.2, 0) is 6.42 Å². The fourth-order valence-electron chi connectivity index (χ4n) is 1.25. The van der Waals surface area contributed by atoms with E-state index in [4.69, 9.17) is 4.74 Å². The van der Waals surface area contributed by atoms with Gasteiger partial charge in [-0.05, 0) is 41.3 Å². The molecule has 0 saturated heterocycles. The maximum atomic E-state index is 5.76. The van der Waals surface area contributed by atoms with Crippen molar-refractivity contribution in [2.45, 2.75) is 32.3 Å². The van der Waals surface area contributed by atoms with Crippen LogP contribution in [-0.4, -0.2) is 11.1 Å². The highest BCUT2D eigenvalue weighted by atomic mass is 79.9. The van der Waals surface area contributed by atoms with Crippen LogP contribution in [0.3, 0.4) is 0 Å². The molecule has 1 heterocycles. The number of pyridine rings is 1. The average Bonchev–Trinajstić information content (AvgIpc) is 2.89. The van der Waals surface area contributed by atoms with Gasteiger partial charge in [0.15, 0.2) is 0 Å². The number of halogens is 1. The molecule has 3 heteroatoms. The Morgan fingerprint density at radius 1 is 1.62 bits per heavy atom. The maximum absolute atomic E-state index is 5.76. The smallest absolute Gasteiger partial charge is 0.127 e. The number of aromatic nitrogens is 1. The topological polar surface area (TPSA) is 22.1 Å². The van der Waals surface area contributed by atoms with Crippen LogP contribution in [0.4, 0.5) is 0 Å². The highest BCUT2D eigenvalue weighted by Gasteiger charge is 2.24. The van der Waals surface area contributed by atoms with Gasteiger partial charge in [-0.3, -0.25) is 0 Å². The summed E-state index contributed by atoms with van der Waals surface area (Å²) in [6.07, 6.45) is 5.59. The third kappa shape index (κ3) is 2.02. The van der Waals surface area contributed by atoms with Crippen molar-refractivity contribution in [3.05, 3.63) is 22.4 Å². The Morgan fingerprint density at radius 2 is 2.38 bits per heavy atom. The minimum Gasteiger partial charge on any atom is -0.490 e. The van der Waals surface area contributed by atoms with E-state index < -0.39 is 0 Å². The van der Waals surface area contributed by atoms with Crippen LogP contribution >= 0.6 is 15.9 Å². The van der Waals surface area contributed by atoms with E-state index in [-0.39, 0.29) is 0 Å². The molecule has 1 aliphatic rings. The monoisotopic (exact) mass is 241 g/mol. The van der Waals surface area contributed by atoms with Crippen molar-refractivity contribution < 1.29 is 4.74 Å². The molecule has 1 saturated carbocycles. The first-order valence-corrected chi connectivity index (χ1v) is 5.40. The lowest BCUT2D eigenvalue weighted by Gasteiger charge is -2.09. The zero-order valence-electron chi connectivity index (χ0n) is 7.59. The van der Waals surface area contributed by atoms with Gasteiger partial charge in [0.05, 0.1) is 6.10 Å². The number of ether oxygens (including phenoxy) is 1. The Balaban J connectivity index is 2.25. The molecule has 0 aliphatic heterocycles. The highest BCUT2D eigenvalue weighted by Crippen LogP contribution is 2.31. The molecule has 0 spiro atoms. The quantitative estimate of drug-likeness (QED) is 0.760. The van der Waals surface area contributed by atoms with E-state index in [2.05, 4.69) is 27.8 Å². The summed E-state index contributed by atoms with van der Waals surface area (Å²) >= 11 is 3.43. The van der Waals surface area contributed by atoms with Gasteiger partial charge in [-0.15, -0.1) is 0 Å². The second kappa shape index (κ2) is 3.66. The van der Waals surface area contributed by atoms with Gasteiger partial charge in [-0.2, -0.15) is 0 Å². The van der Waals surface area contributed by atoms with Crippen LogP contribution < -0.4 is 4.74 Å². The van der Waals surface area contributed by atoms with E-state index in [1.165, 1.54) is 18.4 Å². The molecule has 1 aromatic heterocycles. The van der Waals surface area contributed by atoms with E-state index in [0.717, 1.165) is 16.8 Å². The number of hydrogen-bond acceptors (Lipinski definition) is 2. The second-order valence-electron chi connectivity index (χ2n) is 3.25. The van der Waals surface area contributed by atoms with Crippen molar-refractivity contribution >= 4 is 15.9 Å². The fourth-order valence-corrected chi connectivity index (χ4v) is 1.84. The molecule has 2 nitrogen and oxygen atoms in total. The van der Waals surface area contributed by atoms with Crippen LogP contribution in [0.2, 0.25) is 0 Å². The van der Waals surface area contributed by atoms with Crippen molar-refractivity contribution in [1.82, 2.24) is 4.98 Å². The Morgan fingerprint density at radius 3 is 3.00 bits per heavy atom. The first-order chi connectivity index (χ1) is 6.31. The molecule has 0 atom stereocenters. The average molecular weight is 242 g/mol. The van der Waals surface area contributed by atoms with Crippen molar-refractivity contribution in [2.75, 3.05) is 0 Å². The lowest BCUT2D eigenvalue weighted by Crippen LogP contribution is -2.00. The second-order valence-corrected chi connectivity index (χ2v) is 4.00. The molecule has 0 aromatic carbocycles. The zero-order valence-corrected chi connectivity index (χ0v) is 9.17. The normalized spacial score (nSPS) is 15.8. The molecule has 0 unspecified atom stereocenters. The number of hydrogen-bond donors (Lipinski definition) is 0. The highest BCUT2D eigenvalue weighted by molar-refractivity contribution is 9.10. The lowest BCUT2D eigenvalue weighted by atomic mass is 10.2. The van der Waals surface area contributed by atoms with Crippen LogP contribution in [0.15, 0.2) is 16.9 Å². The van der Waals surface area contributed by atoms with Gasteiger partial charge in [-0.1, -0.05) is 6.92 Å². The third-order valence-electron chi connectivity index (χ3n) is 2.13. The Labute approximate surface area is 86.5 Å². The minimum atomic E-state index is 0.458. The Kier molecular flexibility index (Phi) is 2.54. The van der Waals surface area contributed by atoms with Gasteiger partial charge >= 0.3 is 0 Å². The molecule has 1 aliphatic carbocycles. The summed E-state index contributed by atoms with van der Waals surface area (Å²) in [5.41, 5.74) is 1.18. The van der Waals surface area contributed by atoms with Gasteiger partial charge in [0.2, 0.25) is 0 Å². The summed E-state index contributed by atoms with van der Waals surface area (Å²) in [5.74, 6) is 0.992. The summed E-state index contributed by atoms with van der Waals surface area (Å²) in [7, 11) is 0. The summed E-state index contributed by atoms with van der Waals surface area (Å²) in [6, 6.07) is 1.95. The van der Waals surface area contributed by atoms with Crippen LogP contribution in [0.25, 0.3) is 0 Å². The Bertz CT molecular complexity index is 310. The summed E-state index contributed by atoms with van der Waals surface area (Å²) in [4.78, 5) is 4.17. The van der Waals surface area contributed by atoms with E-state index in [9.17, 15) is 0 Å².